The summed E-state index contributed by atoms with van der Waals surface area (Å²) in [7, 11) is 1.74. The number of anilines is 1. The Morgan fingerprint density at radius 3 is 2.94 bits per heavy atom. The predicted octanol–water partition coefficient (Wildman–Crippen LogP) is 1.76. The molecule has 2 heterocycles. The molecule has 0 atom stereocenters. The zero-order valence-electron chi connectivity index (χ0n) is 9.23. The quantitative estimate of drug-likeness (QED) is 0.881. The average Bonchev–Trinajstić information content (AvgIpc) is 2.66. The van der Waals surface area contributed by atoms with Gasteiger partial charge in [-0.2, -0.15) is 0 Å². The van der Waals surface area contributed by atoms with E-state index in [1.165, 1.54) is 0 Å². The summed E-state index contributed by atoms with van der Waals surface area (Å²) >= 11 is 1.64. The summed E-state index contributed by atoms with van der Waals surface area (Å²) in [4.78, 5) is 15.5. The van der Waals surface area contributed by atoms with Gasteiger partial charge < -0.3 is 9.88 Å². The molecule has 2 aromatic rings. The van der Waals surface area contributed by atoms with Crippen molar-refractivity contribution in [3.63, 3.8) is 0 Å². The molecule has 0 amide bonds. The molecule has 0 aliphatic carbocycles. The van der Waals surface area contributed by atoms with Crippen molar-refractivity contribution >= 4 is 17.0 Å². The first kappa shape index (κ1) is 10.9. The van der Waals surface area contributed by atoms with Gasteiger partial charge in [-0.15, -0.1) is 11.3 Å². The Balaban J connectivity index is 2.05. The van der Waals surface area contributed by atoms with Crippen LogP contribution in [0.25, 0.3) is 0 Å². The van der Waals surface area contributed by atoms with Crippen molar-refractivity contribution in [2.24, 2.45) is 7.05 Å². The Morgan fingerprint density at radius 2 is 2.31 bits per heavy atom. The van der Waals surface area contributed by atoms with E-state index in [0.717, 1.165) is 16.4 Å². The highest BCUT2D eigenvalue weighted by atomic mass is 32.1. The smallest absolute Gasteiger partial charge is 0.250 e. The first-order valence-corrected chi connectivity index (χ1v) is 5.84. The van der Waals surface area contributed by atoms with Gasteiger partial charge in [-0.05, 0) is 13.0 Å². The van der Waals surface area contributed by atoms with Crippen LogP contribution in [0, 0.1) is 6.92 Å². The van der Waals surface area contributed by atoms with Gasteiger partial charge in [0, 0.05) is 24.7 Å². The first-order chi connectivity index (χ1) is 7.65. The highest BCUT2D eigenvalue weighted by Crippen LogP contribution is 2.10. The van der Waals surface area contributed by atoms with Crippen LogP contribution in [0.15, 0.2) is 28.5 Å². The third kappa shape index (κ3) is 2.49. The summed E-state index contributed by atoms with van der Waals surface area (Å²) in [5.74, 6) is 0. The number of hydrogen-bond acceptors (Lipinski definition) is 4. The van der Waals surface area contributed by atoms with Crippen LogP contribution in [0.5, 0.6) is 0 Å². The number of nitrogens with one attached hydrogen (secondary N) is 1. The minimum atomic E-state index is -0.00458. The van der Waals surface area contributed by atoms with Crippen molar-refractivity contribution in [2.75, 3.05) is 5.32 Å². The molecule has 0 saturated carbocycles. The highest BCUT2D eigenvalue weighted by molar-refractivity contribution is 7.09. The molecule has 0 aromatic carbocycles. The number of hydrogen-bond donors (Lipinski definition) is 1. The number of rotatable bonds is 3. The van der Waals surface area contributed by atoms with Crippen molar-refractivity contribution in [1.29, 1.82) is 0 Å². The molecular formula is C11H13N3OS. The van der Waals surface area contributed by atoms with Crippen molar-refractivity contribution in [1.82, 2.24) is 9.55 Å². The van der Waals surface area contributed by atoms with E-state index in [-0.39, 0.29) is 5.56 Å². The Kier molecular flexibility index (Phi) is 3.05. The molecule has 0 aliphatic heterocycles. The topological polar surface area (TPSA) is 46.9 Å². The zero-order valence-corrected chi connectivity index (χ0v) is 10.0. The summed E-state index contributed by atoms with van der Waals surface area (Å²) < 4.78 is 1.55. The Hall–Kier alpha value is -1.62. The lowest BCUT2D eigenvalue weighted by atomic mass is 10.4. The number of pyridine rings is 1. The maximum atomic E-state index is 11.2. The highest BCUT2D eigenvalue weighted by Gasteiger charge is 1.99. The molecule has 2 rings (SSSR count). The number of aromatic nitrogens is 2. The fraction of sp³-hybridized carbons (Fsp3) is 0.273. The second-order valence-corrected chi connectivity index (χ2v) is 4.64. The minimum Gasteiger partial charge on any atom is -0.378 e. The van der Waals surface area contributed by atoms with E-state index in [2.05, 4.69) is 10.3 Å². The van der Waals surface area contributed by atoms with E-state index in [4.69, 9.17) is 0 Å². The van der Waals surface area contributed by atoms with Crippen molar-refractivity contribution < 1.29 is 0 Å². The minimum absolute atomic E-state index is 0.00458. The lowest BCUT2D eigenvalue weighted by Gasteiger charge is -2.05. The lowest BCUT2D eigenvalue weighted by Crippen LogP contribution is -2.15. The third-order valence-corrected chi connectivity index (χ3v) is 3.05. The maximum Gasteiger partial charge on any atom is 0.250 e. The van der Waals surface area contributed by atoms with Gasteiger partial charge >= 0.3 is 0 Å². The van der Waals surface area contributed by atoms with Crippen LogP contribution < -0.4 is 10.9 Å². The second-order valence-electron chi connectivity index (χ2n) is 3.58. The Morgan fingerprint density at radius 1 is 1.50 bits per heavy atom. The summed E-state index contributed by atoms with van der Waals surface area (Å²) in [6.45, 7) is 2.67. The summed E-state index contributed by atoms with van der Waals surface area (Å²) in [5, 5.41) is 6.33. The molecule has 1 N–H and O–H groups in total. The molecule has 0 aliphatic rings. The summed E-state index contributed by atoms with van der Waals surface area (Å²) in [6, 6.07) is 3.33. The lowest BCUT2D eigenvalue weighted by molar-refractivity contribution is 0.858. The normalized spacial score (nSPS) is 10.4. The monoisotopic (exact) mass is 235 g/mol. The molecule has 0 spiro atoms. The van der Waals surface area contributed by atoms with E-state index in [9.17, 15) is 4.79 Å². The van der Waals surface area contributed by atoms with E-state index in [1.54, 1.807) is 41.3 Å². The van der Waals surface area contributed by atoms with E-state index in [1.807, 2.05) is 12.3 Å². The van der Waals surface area contributed by atoms with Gasteiger partial charge in [0.25, 0.3) is 0 Å². The first-order valence-electron chi connectivity index (χ1n) is 4.97. The van der Waals surface area contributed by atoms with Gasteiger partial charge in [0.15, 0.2) is 0 Å². The van der Waals surface area contributed by atoms with Crippen LogP contribution >= 0.6 is 11.3 Å². The zero-order chi connectivity index (χ0) is 11.5. The van der Waals surface area contributed by atoms with Gasteiger partial charge in [-0.1, -0.05) is 0 Å². The van der Waals surface area contributed by atoms with Crippen LogP contribution in [0.3, 0.4) is 0 Å². The van der Waals surface area contributed by atoms with E-state index >= 15 is 0 Å². The summed E-state index contributed by atoms with van der Waals surface area (Å²) in [5.41, 5.74) is 1.94. The molecule has 0 saturated heterocycles. The van der Waals surface area contributed by atoms with Gasteiger partial charge in [0.05, 0.1) is 22.9 Å². The summed E-state index contributed by atoms with van der Waals surface area (Å²) in [6.07, 6.45) is 1.78. The predicted molar refractivity (Wildman–Crippen MR) is 65.9 cm³/mol. The molecule has 0 fully saturated rings. The fourth-order valence-electron chi connectivity index (χ4n) is 1.38. The van der Waals surface area contributed by atoms with Crippen molar-refractivity contribution in [2.45, 2.75) is 13.5 Å². The molecule has 4 nitrogen and oxygen atoms in total. The molecule has 5 heteroatoms. The molecule has 0 unspecified atom stereocenters. The average molecular weight is 235 g/mol. The van der Waals surface area contributed by atoms with E-state index in [0.29, 0.717) is 6.54 Å². The Bertz CT molecular complexity index is 544. The molecule has 0 radical (unpaired) electrons. The molecule has 0 bridgehead atoms. The second kappa shape index (κ2) is 4.49. The van der Waals surface area contributed by atoms with Gasteiger partial charge in [0.2, 0.25) is 5.56 Å². The van der Waals surface area contributed by atoms with Gasteiger partial charge in [-0.3, -0.25) is 4.79 Å². The molecular weight excluding hydrogens is 222 g/mol. The number of aryl methyl sites for hydroxylation is 2. The van der Waals surface area contributed by atoms with E-state index < -0.39 is 0 Å². The van der Waals surface area contributed by atoms with Crippen molar-refractivity contribution in [3.8, 4) is 0 Å². The standard InChI is InChI=1S/C11H13N3OS/c1-8-13-10(7-16-8)5-12-9-3-4-11(15)14(2)6-9/h3-4,6-7,12H,5H2,1-2H3. The number of thiazole rings is 1. The molecule has 16 heavy (non-hydrogen) atoms. The van der Waals surface area contributed by atoms with Crippen molar-refractivity contribution in [3.05, 3.63) is 44.8 Å². The van der Waals surface area contributed by atoms with Crippen LogP contribution in [0.4, 0.5) is 5.69 Å². The SMILES string of the molecule is Cc1nc(CNc2ccc(=O)n(C)c2)cs1. The number of nitrogens with zero attached hydrogens (tertiary/aromatic N) is 2. The van der Waals surface area contributed by atoms with Gasteiger partial charge in [-0.25, -0.2) is 4.98 Å². The van der Waals surface area contributed by atoms with Crippen LogP contribution in [-0.4, -0.2) is 9.55 Å². The van der Waals surface area contributed by atoms with Gasteiger partial charge in [0.1, 0.15) is 0 Å². The Labute approximate surface area is 97.6 Å². The van der Waals surface area contributed by atoms with Crippen LogP contribution in [-0.2, 0) is 13.6 Å². The van der Waals surface area contributed by atoms with Crippen LogP contribution in [0.1, 0.15) is 10.7 Å². The molecule has 2 aromatic heterocycles. The van der Waals surface area contributed by atoms with Crippen LogP contribution in [0.2, 0.25) is 0 Å². The fourth-order valence-corrected chi connectivity index (χ4v) is 1.99. The largest absolute Gasteiger partial charge is 0.378 e. The maximum absolute atomic E-state index is 11.2. The third-order valence-electron chi connectivity index (χ3n) is 2.23. The molecule has 84 valence electrons.